The number of ether oxygens (including phenoxy) is 1. The van der Waals surface area contributed by atoms with Gasteiger partial charge in [0.2, 0.25) is 0 Å². The fourth-order valence-electron chi connectivity index (χ4n) is 3.21. The fourth-order valence-corrected chi connectivity index (χ4v) is 3.21. The molecule has 1 aromatic rings. The van der Waals surface area contributed by atoms with E-state index in [2.05, 4.69) is 6.07 Å². The summed E-state index contributed by atoms with van der Waals surface area (Å²) in [5, 5.41) is 8.91. The minimum atomic E-state index is -0.772. The molecule has 17 heavy (non-hydrogen) atoms. The van der Waals surface area contributed by atoms with Crippen molar-refractivity contribution in [2.24, 2.45) is 0 Å². The van der Waals surface area contributed by atoms with E-state index in [1.165, 1.54) is 18.4 Å². The lowest BCUT2D eigenvalue weighted by Crippen LogP contribution is -2.20. The van der Waals surface area contributed by atoms with Gasteiger partial charge in [0.15, 0.2) is 0 Å². The summed E-state index contributed by atoms with van der Waals surface area (Å²) in [5.74, 6) is -0.772. The molecule has 0 radical (unpaired) electrons. The number of benzene rings is 1. The van der Waals surface area contributed by atoms with Crippen molar-refractivity contribution in [1.29, 1.82) is 0 Å². The molecule has 1 spiro atoms. The Hall–Kier alpha value is -1.35. The Morgan fingerprint density at radius 2 is 2.12 bits per heavy atom. The van der Waals surface area contributed by atoms with E-state index in [4.69, 9.17) is 9.84 Å². The van der Waals surface area contributed by atoms with Crippen LogP contribution in [0, 0.1) is 0 Å². The maximum absolute atomic E-state index is 10.8. The van der Waals surface area contributed by atoms with Crippen LogP contribution in [0.1, 0.15) is 42.4 Å². The molecule has 1 aliphatic heterocycles. The maximum Gasteiger partial charge on any atom is 0.307 e. The maximum atomic E-state index is 10.8. The third kappa shape index (κ3) is 1.65. The highest BCUT2D eigenvalue weighted by Crippen LogP contribution is 2.48. The molecule has 1 fully saturated rings. The first-order valence-electron chi connectivity index (χ1n) is 6.18. The van der Waals surface area contributed by atoms with E-state index in [0.29, 0.717) is 6.61 Å². The van der Waals surface area contributed by atoms with Crippen LogP contribution in [0.25, 0.3) is 0 Å². The van der Waals surface area contributed by atoms with Gasteiger partial charge in [-0.15, -0.1) is 0 Å². The van der Waals surface area contributed by atoms with Crippen LogP contribution in [0.5, 0.6) is 0 Å². The summed E-state index contributed by atoms with van der Waals surface area (Å²) in [4.78, 5) is 10.8. The third-order valence-electron chi connectivity index (χ3n) is 4.01. The van der Waals surface area contributed by atoms with Crippen molar-refractivity contribution >= 4 is 5.97 Å². The Morgan fingerprint density at radius 3 is 2.82 bits per heavy atom. The van der Waals surface area contributed by atoms with Crippen LogP contribution in [-0.2, 0) is 28.2 Å². The summed E-state index contributed by atoms with van der Waals surface area (Å²) >= 11 is 0. The van der Waals surface area contributed by atoms with E-state index < -0.39 is 5.97 Å². The number of carbonyl (C=O) groups is 1. The zero-order valence-corrected chi connectivity index (χ0v) is 9.74. The Kier molecular flexibility index (Phi) is 2.44. The third-order valence-corrected chi connectivity index (χ3v) is 4.01. The second-order valence-corrected chi connectivity index (χ2v) is 5.00. The first-order chi connectivity index (χ1) is 8.21. The molecular formula is C14H16O3. The molecule has 1 heterocycles. The molecule has 3 rings (SSSR count). The molecule has 0 atom stereocenters. The Labute approximate surface area is 100 Å². The highest BCUT2D eigenvalue weighted by Gasteiger charge is 2.42. The molecule has 1 N–H and O–H groups in total. The molecule has 0 bridgehead atoms. The van der Waals surface area contributed by atoms with Crippen molar-refractivity contribution in [3.8, 4) is 0 Å². The molecule has 3 heteroatoms. The molecule has 3 nitrogen and oxygen atoms in total. The smallest absolute Gasteiger partial charge is 0.307 e. The average Bonchev–Trinajstić information content (AvgIpc) is 2.89. The molecular weight excluding hydrogens is 216 g/mol. The molecule has 0 unspecified atom stereocenters. The van der Waals surface area contributed by atoms with Crippen LogP contribution >= 0.6 is 0 Å². The van der Waals surface area contributed by atoms with E-state index in [0.717, 1.165) is 24.0 Å². The lowest BCUT2D eigenvalue weighted by Gasteiger charge is -2.23. The number of carboxylic acids is 1. The van der Waals surface area contributed by atoms with E-state index in [1.807, 2.05) is 12.1 Å². The van der Waals surface area contributed by atoms with E-state index >= 15 is 0 Å². The van der Waals surface area contributed by atoms with E-state index in [-0.39, 0.29) is 12.0 Å². The van der Waals surface area contributed by atoms with Gasteiger partial charge >= 0.3 is 5.97 Å². The predicted octanol–water partition coefficient (Wildman–Crippen LogP) is 2.61. The van der Waals surface area contributed by atoms with Gasteiger partial charge in [-0.25, -0.2) is 0 Å². The van der Waals surface area contributed by atoms with E-state index in [1.54, 1.807) is 0 Å². The zero-order valence-electron chi connectivity index (χ0n) is 9.74. The van der Waals surface area contributed by atoms with Gasteiger partial charge in [0.05, 0.1) is 18.6 Å². The van der Waals surface area contributed by atoms with E-state index in [9.17, 15) is 4.79 Å². The van der Waals surface area contributed by atoms with Crippen LogP contribution in [0.3, 0.4) is 0 Å². The summed E-state index contributed by atoms with van der Waals surface area (Å²) in [6.07, 6.45) is 4.68. The minimum absolute atomic E-state index is 0.0934. The molecule has 1 aliphatic carbocycles. The van der Waals surface area contributed by atoms with Crippen molar-refractivity contribution < 1.29 is 14.6 Å². The average molecular weight is 232 g/mol. The highest BCUT2D eigenvalue weighted by molar-refractivity contribution is 5.71. The van der Waals surface area contributed by atoms with Crippen molar-refractivity contribution in [3.63, 3.8) is 0 Å². The second kappa shape index (κ2) is 3.84. The summed E-state index contributed by atoms with van der Waals surface area (Å²) in [7, 11) is 0. The fraction of sp³-hybridized carbons (Fsp3) is 0.500. The molecule has 0 saturated heterocycles. The van der Waals surface area contributed by atoms with Crippen molar-refractivity contribution in [2.75, 3.05) is 0 Å². The van der Waals surface area contributed by atoms with Crippen LogP contribution in [-0.4, -0.2) is 11.1 Å². The molecule has 90 valence electrons. The highest BCUT2D eigenvalue weighted by atomic mass is 16.5. The van der Waals surface area contributed by atoms with Gasteiger partial charge < -0.3 is 9.84 Å². The minimum Gasteiger partial charge on any atom is -0.481 e. The number of fused-ring (bicyclic) bond motifs is 2. The zero-order chi connectivity index (χ0) is 11.9. The lowest BCUT2D eigenvalue weighted by atomic mass is 9.88. The first kappa shape index (κ1) is 10.8. The summed E-state index contributed by atoms with van der Waals surface area (Å²) in [6, 6.07) is 5.98. The molecule has 2 aliphatic rings. The number of carboxylic acid groups (broad SMARTS) is 1. The van der Waals surface area contributed by atoms with Crippen LogP contribution < -0.4 is 0 Å². The van der Waals surface area contributed by atoms with Gasteiger partial charge in [0.1, 0.15) is 0 Å². The summed E-state index contributed by atoms with van der Waals surface area (Å²) in [6.45, 7) is 0.582. The molecule has 1 aromatic carbocycles. The quantitative estimate of drug-likeness (QED) is 0.852. The van der Waals surface area contributed by atoms with Gasteiger partial charge in [-0.05, 0) is 29.5 Å². The number of rotatable bonds is 2. The monoisotopic (exact) mass is 232 g/mol. The number of hydrogen-bond acceptors (Lipinski definition) is 2. The number of hydrogen-bond donors (Lipinski definition) is 1. The first-order valence-corrected chi connectivity index (χ1v) is 6.18. The van der Waals surface area contributed by atoms with Gasteiger partial charge in [-0.3, -0.25) is 4.79 Å². The Balaban J connectivity index is 2.02. The normalized spacial score (nSPS) is 20.7. The van der Waals surface area contributed by atoms with Crippen molar-refractivity contribution in [3.05, 3.63) is 34.9 Å². The Bertz CT molecular complexity index is 459. The van der Waals surface area contributed by atoms with Crippen molar-refractivity contribution in [1.82, 2.24) is 0 Å². The summed E-state index contributed by atoms with van der Waals surface area (Å²) < 4.78 is 6.00. The predicted molar refractivity (Wildman–Crippen MR) is 62.7 cm³/mol. The molecule has 0 aromatic heterocycles. The van der Waals surface area contributed by atoms with Gasteiger partial charge in [-0.1, -0.05) is 31.0 Å². The van der Waals surface area contributed by atoms with Gasteiger partial charge in [0.25, 0.3) is 0 Å². The number of aliphatic carboxylic acids is 1. The SMILES string of the molecule is O=C(O)Cc1cccc2c1COC21CCCC1. The van der Waals surface area contributed by atoms with Crippen LogP contribution in [0.2, 0.25) is 0 Å². The molecule has 1 saturated carbocycles. The Morgan fingerprint density at radius 1 is 1.35 bits per heavy atom. The summed E-state index contributed by atoms with van der Waals surface area (Å²) in [5.41, 5.74) is 3.19. The standard InChI is InChI=1S/C14H16O3/c15-13(16)8-10-4-3-5-12-11(10)9-17-14(12)6-1-2-7-14/h3-5H,1-2,6-9H2,(H,15,16). The van der Waals surface area contributed by atoms with Gasteiger partial charge in [0, 0.05) is 0 Å². The molecule has 0 amide bonds. The largest absolute Gasteiger partial charge is 0.481 e. The van der Waals surface area contributed by atoms with Crippen LogP contribution in [0.4, 0.5) is 0 Å². The van der Waals surface area contributed by atoms with Crippen molar-refractivity contribution in [2.45, 2.75) is 44.3 Å². The van der Waals surface area contributed by atoms with Crippen LogP contribution in [0.15, 0.2) is 18.2 Å². The van der Waals surface area contributed by atoms with Gasteiger partial charge in [-0.2, -0.15) is 0 Å². The topological polar surface area (TPSA) is 46.5 Å². The lowest BCUT2D eigenvalue weighted by molar-refractivity contribution is -0.136. The second-order valence-electron chi connectivity index (χ2n) is 5.00.